The van der Waals surface area contributed by atoms with Crippen LogP contribution in [0.5, 0.6) is 0 Å². The zero-order valence-corrected chi connectivity index (χ0v) is 8.94. The average Bonchev–Trinajstić information content (AvgIpc) is 2.80. The van der Waals surface area contributed by atoms with Crippen LogP contribution >= 0.6 is 11.3 Å². The SMILES string of the molecule is CCC(Cc1cccs1)NC1CC1. The van der Waals surface area contributed by atoms with Gasteiger partial charge in [-0.2, -0.15) is 0 Å². The minimum atomic E-state index is 0.700. The molecule has 1 heterocycles. The molecule has 1 aromatic heterocycles. The molecule has 1 aliphatic rings. The smallest absolute Gasteiger partial charge is 0.0115 e. The molecular weight excluding hydrogens is 178 g/mol. The number of hydrogen-bond donors (Lipinski definition) is 1. The highest BCUT2D eigenvalue weighted by Gasteiger charge is 2.23. The van der Waals surface area contributed by atoms with E-state index in [-0.39, 0.29) is 0 Å². The average molecular weight is 195 g/mol. The largest absolute Gasteiger partial charge is 0.311 e. The van der Waals surface area contributed by atoms with Gasteiger partial charge in [-0.1, -0.05) is 13.0 Å². The molecule has 0 saturated heterocycles. The van der Waals surface area contributed by atoms with Crippen LogP contribution in [0.15, 0.2) is 17.5 Å². The van der Waals surface area contributed by atoms with E-state index in [1.165, 1.54) is 30.6 Å². The summed E-state index contributed by atoms with van der Waals surface area (Å²) in [7, 11) is 0. The Bertz CT molecular complexity index is 239. The van der Waals surface area contributed by atoms with Gasteiger partial charge in [-0.25, -0.2) is 0 Å². The fraction of sp³-hybridized carbons (Fsp3) is 0.636. The molecule has 1 aliphatic carbocycles. The lowest BCUT2D eigenvalue weighted by molar-refractivity contribution is 0.495. The van der Waals surface area contributed by atoms with Gasteiger partial charge in [-0.15, -0.1) is 11.3 Å². The Morgan fingerprint density at radius 2 is 2.46 bits per heavy atom. The van der Waals surface area contributed by atoms with Crippen molar-refractivity contribution in [1.82, 2.24) is 5.32 Å². The summed E-state index contributed by atoms with van der Waals surface area (Å²) < 4.78 is 0. The molecule has 2 heteroatoms. The van der Waals surface area contributed by atoms with Crippen LogP contribution in [0.4, 0.5) is 0 Å². The van der Waals surface area contributed by atoms with E-state index in [4.69, 9.17) is 0 Å². The fourth-order valence-electron chi connectivity index (χ4n) is 1.58. The Balaban J connectivity index is 1.82. The molecule has 72 valence electrons. The zero-order valence-electron chi connectivity index (χ0n) is 8.12. The van der Waals surface area contributed by atoms with Crippen molar-refractivity contribution in [3.8, 4) is 0 Å². The van der Waals surface area contributed by atoms with Gasteiger partial charge in [0.1, 0.15) is 0 Å². The monoisotopic (exact) mass is 195 g/mol. The number of thiophene rings is 1. The molecule has 0 radical (unpaired) electrons. The predicted octanol–water partition coefficient (Wildman–Crippen LogP) is 2.82. The first-order valence-electron chi connectivity index (χ1n) is 5.17. The van der Waals surface area contributed by atoms with Crippen LogP contribution < -0.4 is 5.32 Å². The van der Waals surface area contributed by atoms with Gasteiger partial charge in [-0.3, -0.25) is 0 Å². The van der Waals surface area contributed by atoms with Crippen LogP contribution in [0.2, 0.25) is 0 Å². The Labute approximate surface area is 84.2 Å². The van der Waals surface area contributed by atoms with E-state index < -0.39 is 0 Å². The van der Waals surface area contributed by atoms with Gasteiger partial charge >= 0.3 is 0 Å². The van der Waals surface area contributed by atoms with Crippen molar-refractivity contribution in [2.75, 3.05) is 0 Å². The highest BCUT2D eigenvalue weighted by Crippen LogP contribution is 2.21. The molecule has 0 spiro atoms. The highest BCUT2D eigenvalue weighted by molar-refractivity contribution is 7.09. The van der Waals surface area contributed by atoms with Crippen LogP contribution in [0, 0.1) is 0 Å². The van der Waals surface area contributed by atoms with E-state index in [1.807, 2.05) is 11.3 Å². The lowest BCUT2D eigenvalue weighted by atomic mass is 10.1. The van der Waals surface area contributed by atoms with E-state index in [0.717, 1.165) is 6.04 Å². The summed E-state index contributed by atoms with van der Waals surface area (Å²) in [5.74, 6) is 0. The Hall–Kier alpha value is -0.340. The number of rotatable bonds is 5. The maximum Gasteiger partial charge on any atom is 0.0115 e. The molecule has 1 aromatic rings. The number of hydrogen-bond acceptors (Lipinski definition) is 2. The molecule has 1 nitrogen and oxygen atoms in total. The molecule has 2 rings (SSSR count). The second-order valence-electron chi connectivity index (χ2n) is 3.83. The second-order valence-corrected chi connectivity index (χ2v) is 4.86. The van der Waals surface area contributed by atoms with Crippen molar-refractivity contribution >= 4 is 11.3 Å². The van der Waals surface area contributed by atoms with Crippen LogP contribution in [0.25, 0.3) is 0 Å². The summed E-state index contributed by atoms with van der Waals surface area (Å²) in [6, 6.07) is 5.92. The Morgan fingerprint density at radius 3 is 3.00 bits per heavy atom. The molecule has 0 aromatic carbocycles. The van der Waals surface area contributed by atoms with Gasteiger partial charge in [0, 0.05) is 17.0 Å². The molecule has 0 aliphatic heterocycles. The first-order valence-corrected chi connectivity index (χ1v) is 6.05. The molecule has 0 amide bonds. The Morgan fingerprint density at radius 1 is 1.62 bits per heavy atom. The van der Waals surface area contributed by atoms with Gasteiger partial charge in [0.25, 0.3) is 0 Å². The van der Waals surface area contributed by atoms with Crippen LogP contribution in [-0.4, -0.2) is 12.1 Å². The predicted molar refractivity (Wildman–Crippen MR) is 58.3 cm³/mol. The van der Waals surface area contributed by atoms with Crippen molar-refractivity contribution in [3.63, 3.8) is 0 Å². The topological polar surface area (TPSA) is 12.0 Å². The molecule has 1 saturated carbocycles. The van der Waals surface area contributed by atoms with Gasteiger partial charge in [0.05, 0.1) is 0 Å². The van der Waals surface area contributed by atoms with Crippen LogP contribution in [-0.2, 0) is 6.42 Å². The lowest BCUT2D eigenvalue weighted by Crippen LogP contribution is -2.31. The molecule has 13 heavy (non-hydrogen) atoms. The van der Waals surface area contributed by atoms with Crippen molar-refractivity contribution in [3.05, 3.63) is 22.4 Å². The maximum absolute atomic E-state index is 3.69. The van der Waals surface area contributed by atoms with Crippen LogP contribution in [0.3, 0.4) is 0 Å². The molecule has 1 atom stereocenters. The van der Waals surface area contributed by atoms with Crippen LogP contribution in [0.1, 0.15) is 31.1 Å². The molecule has 1 unspecified atom stereocenters. The Kier molecular flexibility index (Phi) is 3.01. The zero-order chi connectivity index (χ0) is 9.10. The summed E-state index contributed by atoms with van der Waals surface area (Å²) in [6.07, 6.45) is 5.24. The molecular formula is C11H17NS. The van der Waals surface area contributed by atoms with Gasteiger partial charge in [-0.05, 0) is 37.1 Å². The minimum absolute atomic E-state index is 0.700. The normalized spacial score (nSPS) is 18.8. The summed E-state index contributed by atoms with van der Waals surface area (Å²) in [6.45, 7) is 2.27. The van der Waals surface area contributed by atoms with Gasteiger partial charge in [0.2, 0.25) is 0 Å². The van der Waals surface area contributed by atoms with Crippen molar-refractivity contribution in [2.45, 2.75) is 44.7 Å². The molecule has 1 N–H and O–H groups in total. The van der Waals surface area contributed by atoms with Gasteiger partial charge in [0.15, 0.2) is 0 Å². The van der Waals surface area contributed by atoms with Crippen molar-refractivity contribution < 1.29 is 0 Å². The van der Waals surface area contributed by atoms with E-state index in [1.54, 1.807) is 0 Å². The fourth-order valence-corrected chi connectivity index (χ4v) is 2.36. The summed E-state index contributed by atoms with van der Waals surface area (Å²) in [5, 5.41) is 5.85. The van der Waals surface area contributed by atoms with Gasteiger partial charge < -0.3 is 5.32 Å². The third-order valence-electron chi connectivity index (χ3n) is 2.57. The van der Waals surface area contributed by atoms with E-state index in [0.29, 0.717) is 6.04 Å². The van der Waals surface area contributed by atoms with E-state index in [9.17, 15) is 0 Å². The third kappa shape index (κ3) is 2.82. The van der Waals surface area contributed by atoms with E-state index in [2.05, 4.69) is 29.8 Å². The first kappa shape index (κ1) is 9.22. The minimum Gasteiger partial charge on any atom is -0.311 e. The maximum atomic E-state index is 3.69. The first-order chi connectivity index (χ1) is 6.38. The van der Waals surface area contributed by atoms with Crippen molar-refractivity contribution in [1.29, 1.82) is 0 Å². The molecule has 0 bridgehead atoms. The third-order valence-corrected chi connectivity index (χ3v) is 3.47. The standard InChI is InChI=1S/C11H17NS/c1-2-9(12-10-5-6-10)8-11-4-3-7-13-11/h3-4,7,9-10,12H,2,5-6,8H2,1H3. The van der Waals surface area contributed by atoms with E-state index >= 15 is 0 Å². The number of nitrogens with one attached hydrogen (secondary N) is 1. The quantitative estimate of drug-likeness (QED) is 0.762. The lowest BCUT2D eigenvalue weighted by Gasteiger charge is -2.15. The van der Waals surface area contributed by atoms with Crippen molar-refractivity contribution in [2.24, 2.45) is 0 Å². The summed E-state index contributed by atoms with van der Waals surface area (Å²) in [5.41, 5.74) is 0. The summed E-state index contributed by atoms with van der Waals surface area (Å²) >= 11 is 1.87. The molecule has 1 fully saturated rings. The second kappa shape index (κ2) is 4.25. The highest BCUT2D eigenvalue weighted by atomic mass is 32.1. The summed E-state index contributed by atoms with van der Waals surface area (Å²) in [4.78, 5) is 1.51.